The maximum absolute atomic E-state index is 12.4. The molecule has 4 aliphatic rings. The number of primary amides is 1. The minimum absolute atomic E-state index is 0.0452. The molecule has 8 heteroatoms. The van der Waals surface area contributed by atoms with Gasteiger partial charge < -0.3 is 31.1 Å². The van der Waals surface area contributed by atoms with Gasteiger partial charge in [-0.25, -0.2) is 4.79 Å². The number of amides is 1. The van der Waals surface area contributed by atoms with Gasteiger partial charge in [-0.15, -0.1) is 0 Å². The first-order valence-corrected chi connectivity index (χ1v) is 8.30. The molecule has 2 heterocycles. The Hall–Kier alpha value is -2.32. The Labute approximate surface area is 143 Å². The summed E-state index contributed by atoms with van der Waals surface area (Å²) in [6.45, 7) is 0.759. The van der Waals surface area contributed by atoms with Gasteiger partial charge in [-0.2, -0.15) is 0 Å². The molecule has 2 bridgehead atoms. The maximum Gasteiger partial charge on any atom is 0.402 e. The van der Waals surface area contributed by atoms with E-state index in [0.29, 0.717) is 31.4 Å². The van der Waals surface area contributed by atoms with Crippen molar-refractivity contribution in [1.82, 2.24) is 5.32 Å². The molecular formula is C17H20N2O6. The summed E-state index contributed by atoms with van der Waals surface area (Å²) in [5.41, 5.74) is 4.36. The molecule has 1 spiro atoms. The third-order valence-corrected chi connectivity index (χ3v) is 6.08. The first kappa shape index (κ1) is 16.2. The number of nitrogens with two attached hydrogens (primary N) is 1. The molecule has 134 valence electrons. The fourth-order valence-electron chi connectivity index (χ4n) is 5.22. The lowest BCUT2D eigenvalue weighted by molar-refractivity contribution is -0.166. The lowest BCUT2D eigenvalue weighted by Gasteiger charge is -2.59. The number of carbonyl (C=O) groups excluding carboxylic acids is 1. The summed E-state index contributed by atoms with van der Waals surface area (Å²) in [4.78, 5) is 21.2. The zero-order valence-electron chi connectivity index (χ0n) is 13.5. The van der Waals surface area contributed by atoms with E-state index in [0.717, 1.165) is 17.7 Å². The molecule has 2 aliphatic carbocycles. The molecular weight excluding hydrogens is 328 g/mol. The van der Waals surface area contributed by atoms with Crippen molar-refractivity contribution in [2.75, 3.05) is 6.54 Å². The third kappa shape index (κ3) is 1.89. The molecule has 1 saturated heterocycles. The van der Waals surface area contributed by atoms with Crippen molar-refractivity contribution in [2.24, 2.45) is 5.73 Å². The van der Waals surface area contributed by atoms with Crippen molar-refractivity contribution in [2.45, 2.75) is 48.8 Å². The van der Waals surface area contributed by atoms with Crippen LogP contribution in [0.3, 0.4) is 0 Å². The van der Waals surface area contributed by atoms with Crippen LogP contribution in [0.5, 0.6) is 11.5 Å². The molecule has 0 radical (unpaired) electrons. The Morgan fingerprint density at radius 3 is 2.80 bits per heavy atom. The molecule has 6 N–H and O–H groups in total. The zero-order valence-corrected chi connectivity index (χ0v) is 13.5. The predicted octanol–water partition coefficient (Wildman–Crippen LogP) is 0.0261. The Morgan fingerprint density at radius 1 is 1.36 bits per heavy atom. The summed E-state index contributed by atoms with van der Waals surface area (Å²) in [6, 6.07) is 3.49. The van der Waals surface area contributed by atoms with Gasteiger partial charge in [-0.1, -0.05) is 6.07 Å². The Balaban J connectivity index is 0.000000358. The zero-order chi connectivity index (χ0) is 18.0. The number of nitrogens with one attached hydrogen (secondary N) is 1. The highest BCUT2D eigenvalue weighted by atomic mass is 16.5. The number of ether oxygens (including phenoxy) is 1. The molecule has 2 fully saturated rings. The van der Waals surface area contributed by atoms with Crippen LogP contribution in [0.25, 0.3) is 0 Å². The topological polar surface area (TPSA) is 142 Å². The lowest BCUT2D eigenvalue weighted by Crippen LogP contribution is -2.76. The summed E-state index contributed by atoms with van der Waals surface area (Å²) in [5, 5.41) is 32.2. The number of carboxylic acid groups (broad SMARTS) is 1. The molecule has 1 amide bonds. The smallest absolute Gasteiger partial charge is 0.402 e. The van der Waals surface area contributed by atoms with E-state index in [1.165, 1.54) is 0 Å². The van der Waals surface area contributed by atoms with Crippen LogP contribution in [-0.2, 0) is 16.6 Å². The van der Waals surface area contributed by atoms with E-state index in [4.69, 9.17) is 14.6 Å². The van der Waals surface area contributed by atoms with Crippen LogP contribution in [-0.4, -0.2) is 51.5 Å². The van der Waals surface area contributed by atoms with Gasteiger partial charge in [0.25, 0.3) is 0 Å². The second kappa shape index (κ2) is 5.09. The highest BCUT2D eigenvalue weighted by Gasteiger charge is 2.71. The molecule has 0 unspecified atom stereocenters. The number of hydrogen-bond donors (Lipinski definition) is 5. The fraction of sp³-hybridized carbons (Fsp3) is 0.529. The predicted molar refractivity (Wildman–Crippen MR) is 85.7 cm³/mol. The van der Waals surface area contributed by atoms with Gasteiger partial charge >= 0.3 is 6.09 Å². The number of rotatable bonds is 0. The molecule has 5 rings (SSSR count). The summed E-state index contributed by atoms with van der Waals surface area (Å²) in [7, 11) is 0. The van der Waals surface area contributed by atoms with Crippen LogP contribution in [0.1, 0.15) is 30.4 Å². The van der Waals surface area contributed by atoms with E-state index in [9.17, 15) is 15.0 Å². The molecule has 1 saturated carbocycles. The number of hydrogen-bond acceptors (Lipinski definition) is 6. The number of aliphatic hydroxyl groups is 1. The average molecular weight is 348 g/mol. The van der Waals surface area contributed by atoms with Gasteiger partial charge in [0.2, 0.25) is 0 Å². The summed E-state index contributed by atoms with van der Waals surface area (Å²) in [6.07, 6.45) is 0.205. The standard InChI is InChI=1S/C16H17NO4.CH3NO2/c18-9-2-1-8-7-11-16(20)4-3-10(19)14-15(16,5-6-17-11)12(8)13(9)21-14;2-1(3)4/h1-2,11,14,17-18,20H,3-7H2;2H2,(H,3,4)/t11-,14+,15+,16-;/m1./s1. The summed E-state index contributed by atoms with van der Waals surface area (Å²) < 4.78 is 5.90. The number of Topliss-reactive ketones (excluding diaryl/α,β-unsaturated/α-hetero) is 1. The van der Waals surface area contributed by atoms with Crippen molar-refractivity contribution < 1.29 is 29.6 Å². The second-order valence-corrected chi connectivity index (χ2v) is 7.11. The SMILES string of the molecule is NC(=O)O.O=C1CC[C@@]2(O)[C@H]3Cc4ccc(O)c5c4[C@@]2(CCN3)[C@H]1O5. The minimum atomic E-state index is -1.33. The molecule has 1 aromatic carbocycles. The van der Waals surface area contributed by atoms with Gasteiger partial charge in [-0.3, -0.25) is 4.79 Å². The number of aromatic hydroxyl groups is 1. The highest BCUT2D eigenvalue weighted by molar-refractivity contribution is 5.90. The van der Waals surface area contributed by atoms with E-state index < -0.39 is 23.2 Å². The number of carbonyl (C=O) groups is 2. The van der Waals surface area contributed by atoms with Crippen LogP contribution in [0, 0.1) is 0 Å². The second-order valence-electron chi connectivity index (χ2n) is 7.11. The largest absolute Gasteiger partial charge is 0.504 e. The van der Waals surface area contributed by atoms with Gasteiger partial charge in [0, 0.05) is 18.0 Å². The van der Waals surface area contributed by atoms with Crippen LogP contribution in [0.2, 0.25) is 0 Å². The number of piperidine rings is 1. The van der Waals surface area contributed by atoms with Crippen LogP contribution in [0.4, 0.5) is 4.79 Å². The van der Waals surface area contributed by atoms with Crippen molar-refractivity contribution in [1.29, 1.82) is 0 Å². The van der Waals surface area contributed by atoms with Gasteiger partial charge in [-0.05, 0) is 37.4 Å². The van der Waals surface area contributed by atoms with E-state index in [2.05, 4.69) is 11.1 Å². The molecule has 4 atom stereocenters. The average Bonchev–Trinajstić information content (AvgIpc) is 2.87. The van der Waals surface area contributed by atoms with Crippen LogP contribution < -0.4 is 15.8 Å². The van der Waals surface area contributed by atoms with Crippen LogP contribution in [0.15, 0.2) is 12.1 Å². The summed E-state index contributed by atoms with van der Waals surface area (Å²) in [5.74, 6) is 0.542. The molecule has 25 heavy (non-hydrogen) atoms. The Kier molecular flexibility index (Phi) is 3.29. The van der Waals surface area contributed by atoms with Crippen molar-refractivity contribution in [3.05, 3.63) is 23.3 Å². The lowest BCUT2D eigenvalue weighted by atomic mass is 9.49. The quantitative estimate of drug-likeness (QED) is 0.445. The Bertz CT molecular complexity index is 777. The van der Waals surface area contributed by atoms with Crippen molar-refractivity contribution in [3.63, 3.8) is 0 Å². The molecule has 1 aromatic rings. The monoisotopic (exact) mass is 348 g/mol. The fourth-order valence-corrected chi connectivity index (χ4v) is 5.22. The van der Waals surface area contributed by atoms with E-state index in [-0.39, 0.29) is 17.6 Å². The first-order valence-electron chi connectivity index (χ1n) is 8.30. The van der Waals surface area contributed by atoms with Gasteiger partial charge in [0.05, 0.1) is 11.0 Å². The molecule has 2 aliphatic heterocycles. The number of phenols is 1. The number of phenolic OH excluding ortho intramolecular Hbond substituents is 1. The van der Waals surface area contributed by atoms with E-state index >= 15 is 0 Å². The van der Waals surface area contributed by atoms with Crippen LogP contribution >= 0.6 is 0 Å². The first-order chi connectivity index (χ1) is 11.8. The van der Waals surface area contributed by atoms with Crippen molar-refractivity contribution in [3.8, 4) is 11.5 Å². The summed E-state index contributed by atoms with van der Waals surface area (Å²) >= 11 is 0. The number of benzene rings is 1. The molecule has 8 nitrogen and oxygen atoms in total. The van der Waals surface area contributed by atoms with Gasteiger partial charge in [0.15, 0.2) is 23.4 Å². The molecule has 0 aromatic heterocycles. The van der Waals surface area contributed by atoms with Crippen molar-refractivity contribution >= 4 is 11.9 Å². The van der Waals surface area contributed by atoms with E-state index in [1.807, 2.05) is 6.07 Å². The Morgan fingerprint density at radius 2 is 2.08 bits per heavy atom. The van der Waals surface area contributed by atoms with E-state index in [1.54, 1.807) is 6.07 Å². The minimum Gasteiger partial charge on any atom is -0.504 e. The van der Waals surface area contributed by atoms with Gasteiger partial charge in [0.1, 0.15) is 0 Å². The number of ketones is 1. The maximum atomic E-state index is 12.4. The normalized spacial score (nSPS) is 36.6. The highest BCUT2D eigenvalue weighted by Crippen LogP contribution is 2.63. The third-order valence-electron chi connectivity index (χ3n) is 6.08.